The lowest BCUT2D eigenvalue weighted by Gasteiger charge is -2.18. The van der Waals surface area contributed by atoms with Crippen LogP contribution in [-0.2, 0) is 4.79 Å². The Bertz CT molecular complexity index is 889. The van der Waals surface area contributed by atoms with E-state index in [0.717, 1.165) is 5.56 Å². The second-order valence-corrected chi connectivity index (χ2v) is 5.77. The second kappa shape index (κ2) is 8.02. The Balaban J connectivity index is 2.43. The van der Waals surface area contributed by atoms with Crippen molar-refractivity contribution in [3.05, 3.63) is 75.3 Å². The van der Waals surface area contributed by atoms with Gasteiger partial charge < -0.3 is 15.4 Å². The number of rotatable bonds is 5. The van der Waals surface area contributed by atoms with Crippen molar-refractivity contribution in [2.75, 3.05) is 0 Å². The Morgan fingerprint density at radius 3 is 2.72 bits per heavy atom. The van der Waals surface area contributed by atoms with Crippen LogP contribution in [0, 0.1) is 19.3 Å². The van der Waals surface area contributed by atoms with Crippen LogP contribution < -0.4 is 10.9 Å². The van der Waals surface area contributed by atoms with E-state index in [2.05, 4.69) is 16.2 Å². The lowest BCUT2D eigenvalue weighted by atomic mass is 9.87. The Morgan fingerprint density at radius 1 is 1.40 bits per heavy atom. The summed E-state index contributed by atoms with van der Waals surface area (Å²) in [5.74, 6) is 1.44. The average molecular weight is 336 g/mol. The molecule has 5 nitrogen and oxygen atoms in total. The molecule has 2 aromatic rings. The van der Waals surface area contributed by atoms with Gasteiger partial charge in [-0.3, -0.25) is 9.59 Å². The zero-order chi connectivity index (χ0) is 18.4. The number of H-pyrrole nitrogens is 1. The number of carbonyl (C=O) groups is 1. The van der Waals surface area contributed by atoms with Gasteiger partial charge in [0, 0.05) is 35.9 Å². The lowest BCUT2D eigenvalue weighted by molar-refractivity contribution is -0.120. The number of hydrogen-bond donors (Lipinski definition) is 3. The molecule has 0 radical (unpaired) electrons. The van der Waals surface area contributed by atoms with Crippen LogP contribution in [0.4, 0.5) is 0 Å². The van der Waals surface area contributed by atoms with Gasteiger partial charge in [-0.1, -0.05) is 36.3 Å². The fourth-order valence-electron chi connectivity index (χ4n) is 2.51. The largest absolute Gasteiger partial charge is 0.507 e. The number of aryl methyl sites for hydroxylation is 1. The fraction of sp³-hybridized carbons (Fsp3) is 0.200. The molecular weight excluding hydrogens is 316 g/mol. The maximum atomic E-state index is 12.3. The molecule has 1 amide bonds. The summed E-state index contributed by atoms with van der Waals surface area (Å²) in [4.78, 5) is 27.2. The maximum absolute atomic E-state index is 12.3. The van der Waals surface area contributed by atoms with Gasteiger partial charge in [-0.05, 0) is 19.4 Å². The summed E-state index contributed by atoms with van der Waals surface area (Å²) < 4.78 is 0. The van der Waals surface area contributed by atoms with Crippen molar-refractivity contribution in [2.24, 2.45) is 0 Å². The molecule has 0 spiro atoms. The monoisotopic (exact) mass is 336 g/mol. The second-order valence-electron chi connectivity index (χ2n) is 5.77. The highest BCUT2D eigenvalue weighted by molar-refractivity contribution is 5.79. The average Bonchev–Trinajstić information content (AvgIpc) is 2.63. The van der Waals surface area contributed by atoms with Crippen molar-refractivity contribution in [1.82, 2.24) is 10.3 Å². The molecule has 0 bridgehead atoms. The van der Waals surface area contributed by atoms with Crippen molar-refractivity contribution in [3.8, 4) is 18.1 Å². The van der Waals surface area contributed by atoms with Gasteiger partial charge in [-0.25, -0.2) is 0 Å². The molecule has 0 aliphatic heterocycles. The fourth-order valence-corrected chi connectivity index (χ4v) is 2.51. The number of terminal acetylenes is 1. The third-order valence-corrected chi connectivity index (χ3v) is 3.91. The summed E-state index contributed by atoms with van der Waals surface area (Å²) in [6, 6.07) is 9.14. The van der Waals surface area contributed by atoms with Crippen LogP contribution in [-0.4, -0.2) is 16.0 Å². The van der Waals surface area contributed by atoms with E-state index >= 15 is 0 Å². The van der Waals surface area contributed by atoms with E-state index in [0.29, 0.717) is 11.1 Å². The summed E-state index contributed by atoms with van der Waals surface area (Å²) in [6.45, 7) is 3.39. The highest BCUT2D eigenvalue weighted by atomic mass is 16.3. The van der Waals surface area contributed by atoms with Gasteiger partial charge in [0.2, 0.25) is 5.91 Å². The molecule has 25 heavy (non-hydrogen) atoms. The van der Waals surface area contributed by atoms with Crippen molar-refractivity contribution in [1.29, 1.82) is 0 Å². The predicted octanol–water partition coefficient (Wildman–Crippen LogP) is 2.56. The molecule has 1 heterocycles. The van der Waals surface area contributed by atoms with Crippen LogP contribution in [0.5, 0.6) is 5.75 Å². The van der Waals surface area contributed by atoms with Crippen molar-refractivity contribution < 1.29 is 9.90 Å². The molecule has 3 N–H and O–H groups in total. The first-order valence-electron chi connectivity index (χ1n) is 7.83. The maximum Gasteiger partial charge on any atom is 0.255 e. The van der Waals surface area contributed by atoms with Gasteiger partial charge in [0.15, 0.2) is 0 Å². The molecule has 0 saturated heterocycles. The van der Waals surface area contributed by atoms with E-state index in [1.165, 1.54) is 12.4 Å². The Labute approximate surface area is 146 Å². The van der Waals surface area contributed by atoms with E-state index in [-0.39, 0.29) is 23.6 Å². The van der Waals surface area contributed by atoms with Crippen molar-refractivity contribution in [2.45, 2.75) is 26.2 Å². The third kappa shape index (κ3) is 4.39. The summed E-state index contributed by atoms with van der Waals surface area (Å²) >= 11 is 0. The van der Waals surface area contributed by atoms with Crippen LogP contribution in [0.1, 0.15) is 36.0 Å². The molecule has 0 fully saturated rings. The number of pyridine rings is 1. The molecule has 0 aliphatic rings. The number of aromatic hydroxyl groups is 1. The smallest absolute Gasteiger partial charge is 0.255 e. The molecule has 1 atom stereocenters. The van der Waals surface area contributed by atoms with Gasteiger partial charge in [-0.2, -0.15) is 0 Å². The Morgan fingerprint density at radius 2 is 2.08 bits per heavy atom. The van der Waals surface area contributed by atoms with E-state index in [1.807, 2.05) is 30.3 Å². The van der Waals surface area contributed by atoms with Crippen LogP contribution in [0.25, 0.3) is 0 Å². The molecule has 0 saturated carbocycles. The zero-order valence-corrected chi connectivity index (χ0v) is 14.2. The van der Waals surface area contributed by atoms with Crippen LogP contribution >= 0.6 is 0 Å². The van der Waals surface area contributed by atoms with E-state index in [9.17, 15) is 14.7 Å². The predicted molar refractivity (Wildman–Crippen MR) is 97.1 cm³/mol. The number of allylic oxidation sites excluding steroid dienone is 1. The summed E-state index contributed by atoms with van der Waals surface area (Å²) in [5, 5.41) is 13.0. The van der Waals surface area contributed by atoms with Crippen LogP contribution in [0.15, 0.2) is 53.1 Å². The van der Waals surface area contributed by atoms with Gasteiger partial charge >= 0.3 is 0 Å². The number of nitrogens with one attached hydrogen (secondary N) is 2. The molecule has 0 aliphatic carbocycles. The molecule has 1 aromatic carbocycles. The number of amides is 1. The van der Waals surface area contributed by atoms with E-state index in [1.54, 1.807) is 13.8 Å². The standard InChI is InChI=1S/C20H20N2O3/c1-4-13(2)11-21-17(23)10-16(15-8-6-5-7-9-15)18-19(24)14(3)12-22-20(18)25/h1,5-9,11-12,16H,10H2,2-3H3,(H,21,23)(H2,22,24,25)/b13-11-. The highest BCUT2D eigenvalue weighted by Crippen LogP contribution is 2.32. The minimum absolute atomic E-state index is 0.00153. The number of hydrogen-bond acceptors (Lipinski definition) is 3. The molecule has 5 heteroatoms. The first-order chi connectivity index (χ1) is 11.9. The summed E-state index contributed by atoms with van der Waals surface area (Å²) in [6.07, 6.45) is 8.14. The minimum atomic E-state index is -0.579. The summed E-state index contributed by atoms with van der Waals surface area (Å²) in [5.41, 5.74) is 1.65. The normalized spacial score (nSPS) is 12.3. The van der Waals surface area contributed by atoms with Crippen molar-refractivity contribution >= 4 is 5.91 Å². The zero-order valence-electron chi connectivity index (χ0n) is 14.2. The highest BCUT2D eigenvalue weighted by Gasteiger charge is 2.24. The first kappa shape index (κ1) is 18.1. The van der Waals surface area contributed by atoms with Gasteiger partial charge in [0.25, 0.3) is 5.56 Å². The SMILES string of the molecule is C#C/C(C)=C\NC(=O)CC(c1ccccc1)c1c(O)c(C)c[nH]c1=O. The first-order valence-corrected chi connectivity index (χ1v) is 7.83. The molecule has 1 unspecified atom stereocenters. The summed E-state index contributed by atoms with van der Waals surface area (Å²) in [7, 11) is 0. The molecule has 1 aromatic heterocycles. The van der Waals surface area contributed by atoms with Gasteiger partial charge in [-0.15, -0.1) is 6.42 Å². The van der Waals surface area contributed by atoms with Crippen LogP contribution in [0.2, 0.25) is 0 Å². The number of aromatic amines is 1. The minimum Gasteiger partial charge on any atom is -0.507 e. The topological polar surface area (TPSA) is 82.2 Å². The van der Waals surface area contributed by atoms with E-state index < -0.39 is 11.5 Å². The quantitative estimate of drug-likeness (QED) is 0.734. The number of carbonyl (C=O) groups excluding carboxylic acids is 1. The van der Waals surface area contributed by atoms with Crippen molar-refractivity contribution in [3.63, 3.8) is 0 Å². The number of benzene rings is 1. The molecule has 2 rings (SSSR count). The number of aromatic nitrogens is 1. The Hall–Kier alpha value is -3.26. The van der Waals surface area contributed by atoms with Gasteiger partial charge in [0.05, 0.1) is 5.56 Å². The van der Waals surface area contributed by atoms with E-state index in [4.69, 9.17) is 6.42 Å². The Kier molecular flexibility index (Phi) is 5.80. The molecular formula is C20H20N2O3. The molecule has 128 valence electrons. The van der Waals surface area contributed by atoms with Crippen LogP contribution in [0.3, 0.4) is 0 Å². The third-order valence-electron chi connectivity index (χ3n) is 3.91. The lowest BCUT2D eigenvalue weighted by Crippen LogP contribution is -2.24. The van der Waals surface area contributed by atoms with Gasteiger partial charge in [0.1, 0.15) is 5.75 Å².